The van der Waals surface area contributed by atoms with Gasteiger partial charge >= 0.3 is 5.97 Å². The average molecular weight is 391 g/mol. The van der Waals surface area contributed by atoms with E-state index in [-0.39, 0.29) is 29.1 Å². The topological polar surface area (TPSA) is 80.7 Å². The molecule has 4 rings (SSSR count). The van der Waals surface area contributed by atoms with Crippen molar-refractivity contribution in [1.82, 2.24) is 0 Å². The van der Waals surface area contributed by atoms with Gasteiger partial charge in [-0.3, -0.25) is 14.4 Å². The maximum atomic E-state index is 12.6. The van der Waals surface area contributed by atoms with E-state index in [1.807, 2.05) is 0 Å². The van der Waals surface area contributed by atoms with Crippen LogP contribution < -0.4 is 0 Å². The van der Waals surface area contributed by atoms with Crippen molar-refractivity contribution in [2.24, 2.45) is 34.5 Å². The van der Waals surface area contributed by atoms with E-state index in [0.29, 0.717) is 61.6 Å². The lowest BCUT2D eigenvalue weighted by atomic mass is 9.43. The van der Waals surface area contributed by atoms with Gasteiger partial charge in [-0.1, -0.05) is 6.92 Å². The summed E-state index contributed by atoms with van der Waals surface area (Å²) in [6.07, 6.45) is 6.38. The van der Waals surface area contributed by atoms with E-state index in [4.69, 9.17) is 4.74 Å². The molecule has 2 unspecified atom stereocenters. The summed E-state index contributed by atoms with van der Waals surface area (Å²) in [7, 11) is 0. The van der Waals surface area contributed by atoms with Gasteiger partial charge in [0, 0.05) is 30.1 Å². The first kappa shape index (κ1) is 20.1. The maximum Gasteiger partial charge on any atom is 0.308 e. The molecule has 4 aliphatic rings. The predicted molar refractivity (Wildman–Crippen MR) is 103 cm³/mol. The van der Waals surface area contributed by atoms with Crippen LogP contribution in [-0.2, 0) is 19.1 Å². The second-order valence-electron chi connectivity index (χ2n) is 9.95. The Hall–Kier alpha value is -1.23. The Kier molecular flexibility index (Phi) is 5.18. The lowest BCUT2D eigenvalue weighted by Gasteiger charge is -2.61. The Morgan fingerprint density at radius 2 is 1.93 bits per heavy atom. The molecule has 0 saturated heterocycles. The first-order chi connectivity index (χ1) is 13.3. The summed E-state index contributed by atoms with van der Waals surface area (Å²) in [5.41, 5.74) is -0.581. The molecule has 4 fully saturated rings. The van der Waals surface area contributed by atoms with Crippen molar-refractivity contribution in [2.75, 3.05) is 6.61 Å². The van der Waals surface area contributed by atoms with Crippen LogP contribution in [0.25, 0.3) is 0 Å². The van der Waals surface area contributed by atoms with Crippen LogP contribution in [0.1, 0.15) is 78.1 Å². The molecule has 4 aliphatic carbocycles. The summed E-state index contributed by atoms with van der Waals surface area (Å²) in [4.78, 5) is 37.0. The maximum absolute atomic E-state index is 12.6. The Morgan fingerprint density at radius 1 is 1.14 bits per heavy atom. The van der Waals surface area contributed by atoms with Crippen molar-refractivity contribution in [3.05, 3.63) is 0 Å². The summed E-state index contributed by atoms with van der Waals surface area (Å²) in [5.74, 6) is 1.63. The SMILES string of the molecule is CCOC(=O)CC(O)[C@]12CCC(=O)CC1CC[C@@H]1[C@H]2CC[C@]2(C)C(=O)CC[C@@H]12. The van der Waals surface area contributed by atoms with Crippen LogP contribution >= 0.6 is 0 Å². The van der Waals surface area contributed by atoms with Gasteiger partial charge < -0.3 is 9.84 Å². The number of aliphatic hydroxyl groups excluding tert-OH is 1. The highest BCUT2D eigenvalue weighted by atomic mass is 16.5. The van der Waals surface area contributed by atoms with Crippen molar-refractivity contribution in [3.63, 3.8) is 0 Å². The second kappa shape index (κ2) is 7.23. The molecule has 5 heteroatoms. The average Bonchev–Trinajstić information content (AvgIpc) is 2.96. The molecular weight excluding hydrogens is 356 g/mol. The number of carbonyl (C=O) groups excluding carboxylic acids is 3. The van der Waals surface area contributed by atoms with Gasteiger partial charge in [0.05, 0.1) is 19.1 Å². The molecule has 1 N–H and O–H groups in total. The van der Waals surface area contributed by atoms with E-state index in [1.165, 1.54) is 0 Å². The van der Waals surface area contributed by atoms with Crippen LogP contribution in [0, 0.1) is 34.5 Å². The van der Waals surface area contributed by atoms with Gasteiger partial charge in [0.1, 0.15) is 11.6 Å². The molecule has 0 amide bonds. The zero-order valence-electron chi connectivity index (χ0n) is 17.2. The lowest BCUT2D eigenvalue weighted by Crippen LogP contribution is -2.59. The second-order valence-corrected chi connectivity index (χ2v) is 9.95. The molecule has 28 heavy (non-hydrogen) atoms. The predicted octanol–water partition coefficient (Wildman–Crippen LogP) is 3.46. The van der Waals surface area contributed by atoms with Crippen LogP contribution in [0.15, 0.2) is 0 Å². The molecule has 5 nitrogen and oxygen atoms in total. The highest BCUT2D eigenvalue weighted by molar-refractivity contribution is 5.87. The molecule has 156 valence electrons. The molecule has 0 radical (unpaired) electrons. The third kappa shape index (κ3) is 2.88. The summed E-state index contributed by atoms with van der Waals surface area (Å²) in [5, 5.41) is 11.4. The molecule has 4 saturated carbocycles. The van der Waals surface area contributed by atoms with Crippen LogP contribution in [0.3, 0.4) is 0 Å². The number of hydrogen-bond acceptors (Lipinski definition) is 5. The van der Waals surface area contributed by atoms with Crippen molar-refractivity contribution in [3.8, 4) is 0 Å². The Balaban J connectivity index is 1.67. The van der Waals surface area contributed by atoms with E-state index in [2.05, 4.69) is 6.92 Å². The first-order valence-corrected chi connectivity index (χ1v) is 11.2. The first-order valence-electron chi connectivity index (χ1n) is 11.2. The zero-order valence-corrected chi connectivity index (χ0v) is 17.2. The quantitative estimate of drug-likeness (QED) is 0.744. The number of fused-ring (bicyclic) bond motifs is 5. The molecular formula is C23H34O5. The van der Waals surface area contributed by atoms with Crippen molar-refractivity contribution >= 4 is 17.5 Å². The number of aliphatic hydroxyl groups is 1. The molecule has 0 aromatic rings. The minimum atomic E-state index is -0.765. The fourth-order valence-electron chi connectivity index (χ4n) is 7.76. The standard InChI is InChI=1S/C23H34O5/c1-3-28-21(27)13-20(26)23-11-8-15(24)12-14(23)4-5-16-17-6-7-19(25)22(17,2)10-9-18(16)23/h14,16-18,20,26H,3-13H2,1-2H3/t14?,16-,17-,18+,20?,22-,23+/m0/s1. The Morgan fingerprint density at radius 3 is 2.68 bits per heavy atom. The van der Waals surface area contributed by atoms with E-state index in [0.717, 1.165) is 32.1 Å². The van der Waals surface area contributed by atoms with Gasteiger partial charge in [-0.05, 0) is 69.1 Å². The van der Waals surface area contributed by atoms with Gasteiger partial charge in [-0.2, -0.15) is 0 Å². The van der Waals surface area contributed by atoms with Crippen LogP contribution in [-0.4, -0.2) is 35.4 Å². The van der Waals surface area contributed by atoms with Crippen LogP contribution in [0.4, 0.5) is 0 Å². The minimum Gasteiger partial charge on any atom is -0.466 e. The monoisotopic (exact) mass is 390 g/mol. The minimum absolute atomic E-state index is 0.0165. The van der Waals surface area contributed by atoms with Crippen molar-refractivity contribution in [1.29, 1.82) is 0 Å². The van der Waals surface area contributed by atoms with E-state index >= 15 is 0 Å². The Bertz CT molecular complexity index is 672. The van der Waals surface area contributed by atoms with Gasteiger partial charge in [0.25, 0.3) is 0 Å². The number of ketones is 2. The zero-order chi connectivity index (χ0) is 20.1. The van der Waals surface area contributed by atoms with Gasteiger partial charge in [0.2, 0.25) is 0 Å². The van der Waals surface area contributed by atoms with E-state index < -0.39 is 6.10 Å². The number of Topliss-reactive ketones (excluding diaryl/α,β-unsaturated/α-hetero) is 2. The summed E-state index contributed by atoms with van der Waals surface area (Å²) < 4.78 is 5.13. The van der Waals surface area contributed by atoms with Crippen LogP contribution in [0.2, 0.25) is 0 Å². The summed E-state index contributed by atoms with van der Waals surface area (Å²) in [6.45, 7) is 4.25. The highest BCUT2D eigenvalue weighted by Gasteiger charge is 2.63. The normalized spacial score (nSPS) is 43.7. The molecule has 0 heterocycles. The molecule has 0 aliphatic heterocycles. The summed E-state index contributed by atoms with van der Waals surface area (Å²) >= 11 is 0. The van der Waals surface area contributed by atoms with E-state index in [9.17, 15) is 19.5 Å². The number of hydrogen-bond donors (Lipinski definition) is 1. The molecule has 0 aromatic carbocycles. The fourth-order valence-corrected chi connectivity index (χ4v) is 7.76. The number of esters is 1. The molecule has 0 spiro atoms. The number of carbonyl (C=O) groups is 3. The van der Waals surface area contributed by atoms with Crippen molar-refractivity contribution in [2.45, 2.75) is 84.2 Å². The van der Waals surface area contributed by atoms with Crippen LogP contribution in [0.5, 0.6) is 0 Å². The third-order valence-electron chi connectivity index (χ3n) is 9.04. The smallest absolute Gasteiger partial charge is 0.308 e. The largest absolute Gasteiger partial charge is 0.466 e. The van der Waals surface area contributed by atoms with Crippen molar-refractivity contribution < 1.29 is 24.2 Å². The molecule has 0 bridgehead atoms. The number of rotatable bonds is 4. The Labute approximate surface area is 167 Å². The van der Waals surface area contributed by atoms with Gasteiger partial charge in [0.15, 0.2) is 0 Å². The van der Waals surface area contributed by atoms with Gasteiger partial charge in [-0.15, -0.1) is 0 Å². The highest BCUT2D eigenvalue weighted by Crippen LogP contribution is 2.66. The fraction of sp³-hybridized carbons (Fsp3) is 0.870. The molecule has 7 atom stereocenters. The van der Waals surface area contributed by atoms with E-state index in [1.54, 1.807) is 6.92 Å². The third-order valence-corrected chi connectivity index (χ3v) is 9.04. The summed E-state index contributed by atoms with van der Waals surface area (Å²) in [6, 6.07) is 0. The molecule has 0 aromatic heterocycles. The lowest BCUT2D eigenvalue weighted by molar-refractivity contribution is -0.180. The van der Waals surface area contributed by atoms with Gasteiger partial charge in [-0.25, -0.2) is 0 Å². The number of ether oxygens (including phenoxy) is 1.